The summed E-state index contributed by atoms with van der Waals surface area (Å²) in [5.74, 6) is 6.15. The van der Waals surface area contributed by atoms with Gasteiger partial charge in [0.2, 0.25) is 9.84 Å². The van der Waals surface area contributed by atoms with Crippen LogP contribution in [0, 0.1) is 23.2 Å². The van der Waals surface area contributed by atoms with Crippen LogP contribution in [-0.2, 0) is 9.84 Å². The number of sulfone groups is 1. The first kappa shape index (κ1) is 20.5. The Morgan fingerprint density at radius 2 is 1.58 bits per heavy atom. The van der Waals surface area contributed by atoms with Crippen molar-refractivity contribution in [2.75, 3.05) is 0 Å². The standard InChI is InChI=1S/C25H15ClN2O2S/c26-19-11-13-20(14-12-19)31(29,30)21(17-27)16-23-22-8-4-5-9-24(22)28-25(23)15-10-18-6-2-1-3-7-18/h1-9,11-14,16,28H. The molecule has 0 spiro atoms. The van der Waals surface area contributed by atoms with Crippen LogP contribution in [-0.4, -0.2) is 13.4 Å². The molecule has 0 saturated heterocycles. The molecule has 0 aliphatic carbocycles. The number of nitrogens with zero attached hydrogens (tertiary/aromatic N) is 1. The summed E-state index contributed by atoms with van der Waals surface area (Å²) in [6, 6.07) is 24.5. The van der Waals surface area contributed by atoms with Gasteiger partial charge in [0.05, 0.1) is 10.6 Å². The van der Waals surface area contributed by atoms with E-state index in [0.29, 0.717) is 16.3 Å². The predicted molar refractivity (Wildman–Crippen MR) is 123 cm³/mol. The minimum Gasteiger partial charge on any atom is -0.348 e. The first-order valence-corrected chi connectivity index (χ1v) is 11.2. The lowest BCUT2D eigenvalue weighted by molar-refractivity contribution is 0.603. The quantitative estimate of drug-likeness (QED) is 0.333. The molecule has 4 aromatic rings. The highest BCUT2D eigenvalue weighted by molar-refractivity contribution is 7.95. The fourth-order valence-electron chi connectivity index (χ4n) is 3.11. The third kappa shape index (κ3) is 4.25. The first-order chi connectivity index (χ1) is 15.0. The summed E-state index contributed by atoms with van der Waals surface area (Å²) in [6.45, 7) is 0. The fraction of sp³-hybridized carbons (Fsp3) is 0. The van der Waals surface area contributed by atoms with E-state index in [-0.39, 0.29) is 9.80 Å². The van der Waals surface area contributed by atoms with Gasteiger partial charge in [0.15, 0.2) is 0 Å². The third-order valence-corrected chi connectivity index (χ3v) is 6.58. The molecule has 3 aromatic carbocycles. The minimum absolute atomic E-state index is 0.00135. The average Bonchev–Trinajstić information content (AvgIpc) is 3.14. The Morgan fingerprint density at radius 3 is 2.29 bits per heavy atom. The van der Waals surface area contributed by atoms with Gasteiger partial charge in [-0.25, -0.2) is 8.42 Å². The van der Waals surface area contributed by atoms with E-state index in [0.717, 1.165) is 16.5 Å². The van der Waals surface area contributed by atoms with Crippen molar-refractivity contribution in [2.45, 2.75) is 4.90 Å². The Kier molecular flexibility index (Phi) is 5.64. The minimum atomic E-state index is -4.02. The number of H-pyrrole nitrogens is 1. The maximum atomic E-state index is 13.0. The molecule has 6 heteroatoms. The summed E-state index contributed by atoms with van der Waals surface area (Å²) in [4.78, 5) is 2.85. The van der Waals surface area contributed by atoms with Gasteiger partial charge in [0.25, 0.3) is 0 Å². The van der Waals surface area contributed by atoms with Crippen LogP contribution in [0.1, 0.15) is 16.8 Å². The second kappa shape index (κ2) is 8.53. The molecule has 0 bridgehead atoms. The molecule has 4 rings (SSSR count). The van der Waals surface area contributed by atoms with Crippen molar-refractivity contribution in [3.63, 3.8) is 0 Å². The highest BCUT2D eigenvalue weighted by atomic mass is 35.5. The van der Waals surface area contributed by atoms with E-state index in [1.807, 2.05) is 60.7 Å². The summed E-state index contributed by atoms with van der Waals surface area (Å²) in [5, 5.41) is 10.9. The Labute approximate surface area is 185 Å². The molecule has 0 radical (unpaired) electrons. The Hall–Kier alpha value is -3.77. The molecule has 0 aliphatic rings. The summed E-state index contributed by atoms with van der Waals surface area (Å²) >= 11 is 5.87. The topological polar surface area (TPSA) is 73.7 Å². The summed E-state index contributed by atoms with van der Waals surface area (Å²) < 4.78 is 26.1. The van der Waals surface area contributed by atoms with Crippen LogP contribution in [0.15, 0.2) is 88.7 Å². The molecular weight excluding hydrogens is 428 g/mol. The van der Waals surface area contributed by atoms with Gasteiger partial charge < -0.3 is 4.98 Å². The second-order valence-corrected chi connectivity index (χ2v) is 9.01. The monoisotopic (exact) mass is 442 g/mol. The molecule has 1 aromatic heterocycles. The SMILES string of the molecule is N#CC(=Cc1c(C#Cc2ccccc2)[nH]c2ccccc12)S(=O)(=O)c1ccc(Cl)cc1. The van der Waals surface area contributed by atoms with Crippen molar-refractivity contribution in [3.05, 3.63) is 106 Å². The van der Waals surface area contributed by atoms with Crippen LogP contribution in [0.2, 0.25) is 5.02 Å². The predicted octanol–water partition coefficient (Wildman–Crippen LogP) is 5.56. The lowest BCUT2D eigenvalue weighted by atomic mass is 10.1. The van der Waals surface area contributed by atoms with Crippen molar-refractivity contribution < 1.29 is 8.42 Å². The lowest BCUT2D eigenvalue weighted by Gasteiger charge is -2.03. The highest BCUT2D eigenvalue weighted by Crippen LogP contribution is 2.28. The van der Waals surface area contributed by atoms with Crippen LogP contribution in [0.3, 0.4) is 0 Å². The van der Waals surface area contributed by atoms with Gasteiger partial charge in [-0.2, -0.15) is 5.26 Å². The molecule has 0 atom stereocenters. The number of benzene rings is 3. The smallest absolute Gasteiger partial charge is 0.216 e. The number of aromatic amines is 1. The number of halogens is 1. The molecule has 31 heavy (non-hydrogen) atoms. The molecule has 150 valence electrons. The summed E-state index contributed by atoms with van der Waals surface area (Å²) in [6.07, 6.45) is 1.37. The molecule has 4 nitrogen and oxygen atoms in total. The van der Waals surface area contributed by atoms with Crippen LogP contribution in [0.25, 0.3) is 17.0 Å². The van der Waals surface area contributed by atoms with Crippen molar-refractivity contribution in [1.29, 1.82) is 5.26 Å². The Morgan fingerprint density at radius 1 is 0.903 bits per heavy atom. The normalized spacial score (nSPS) is 11.5. The average molecular weight is 443 g/mol. The van der Waals surface area contributed by atoms with E-state index >= 15 is 0 Å². The van der Waals surface area contributed by atoms with Crippen LogP contribution in [0.4, 0.5) is 0 Å². The van der Waals surface area contributed by atoms with E-state index in [2.05, 4.69) is 16.8 Å². The second-order valence-electron chi connectivity index (χ2n) is 6.65. The molecule has 1 N–H and O–H groups in total. The molecule has 0 unspecified atom stereocenters. The number of allylic oxidation sites excluding steroid dienone is 1. The first-order valence-electron chi connectivity index (χ1n) is 9.29. The van der Waals surface area contributed by atoms with Crippen molar-refractivity contribution >= 4 is 38.4 Å². The molecule has 0 amide bonds. The molecule has 0 saturated carbocycles. The zero-order valence-electron chi connectivity index (χ0n) is 16.1. The van der Waals surface area contributed by atoms with Gasteiger partial charge in [0.1, 0.15) is 11.0 Å². The van der Waals surface area contributed by atoms with Crippen LogP contribution >= 0.6 is 11.6 Å². The van der Waals surface area contributed by atoms with Gasteiger partial charge in [-0.3, -0.25) is 0 Å². The number of aromatic nitrogens is 1. The zero-order chi connectivity index (χ0) is 21.8. The third-order valence-electron chi connectivity index (χ3n) is 4.65. The van der Waals surface area contributed by atoms with Gasteiger partial charge in [-0.05, 0) is 54.5 Å². The van der Waals surface area contributed by atoms with E-state index in [1.165, 1.54) is 30.3 Å². The van der Waals surface area contributed by atoms with Crippen LogP contribution < -0.4 is 0 Å². The number of nitrogens with one attached hydrogen (secondary N) is 1. The number of hydrogen-bond donors (Lipinski definition) is 1. The van der Waals surface area contributed by atoms with Crippen molar-refractivity contribution in [3.8, 4) is 17.9 Å². The van der Waals surface area contributed by atoms with Gasteiger partial charge in [-0.15, -0.1) is 0 Å². The molecule has 0 fully saturated rings. The van der Waals surface area contributed by atoms with E-state index in [9.17, 15) is 13.7 Å². The Balaban J connectivity index is 1.88. The van der Waals surface area contributed by atoms with Crippen LogP contribution in [0.5, 0.6) is 0 Å². The number of fused-ring (bicyclic) bond motifs is 1. The number of hydrogen-bond acceptors (Lipinski definition) is 3. The largest absolute Gasteiger partial charge is 0.348 e. The zero-order valence-corrected chi connectivity index (χ0v) is 17.7. The summed E-state index contributed by atoms with van der Waals surface area (Å²) in [7, 11) is -4.02. The van der Waals surface area contributed by atoms with Gasteiger partial charge in [-0.1, -0.05) is 53.9 Å². The molecule has 1 heterocycles. The molecular formula is C25H15ClN2O2S. The van der Waals surface area contributed by atoms with E-state index in [4.69, 9.17) is 11.6 Å². The fourth-order valence-corrected chi connectivity index (χ4v) is 4.38. The number of rotatable bonds is 3. The maximum absolute atomic E-state index is 13.0. The maximum Gasteiger partial charge on any atom is 0.216 e. The molecule has 0 aliphatic heterocycles. The lowest BCUT2D eigenvalue weighted by Crippen LogP contribution is -2.03. The number of nitriles is 1. The highest BCUT2D eigenvalue weighted by Gasteiger charge is 2.22. The van der Waals surface area contributed by atoms with E-state index in [1.54, 1.807) is 0 Å². The van der Waals surface area contributed by atoms with E-state index < -0.39 is 9.84 Å². The van der Waals surface area contributed by atoms with Gasteiger partial charge >= 0.3 is 0 Å². The van der Waals surface area contributed by atoms with Gasteiger partial charge in [0, 0.05) is 27.1 Å². The number of para-hydroxylation sites is 1. The van der Waals surface area contributed by atoms with Crippen molar-refractivity contribution in [1.82, 2.24) is 4.98 Å². The summed E-state index contributed by atoms with van der Waals surface area (Å²) in [5.41, 5.74) is 2.70. The Bertz CT molecular complexity index is 1500. The van der Waals surface area contributed by atoms with Crippen molar-refractivity contribution in [2.24, 2.45) is 0 Å².